The molecule has 1 saturated heterocycles. The molecule has 164 valence electrons. The first-order chi connectivity index (χ1) is 14.8. The van der Waals surface area contributed by atoms with E-state index in [1.165, 1.54) is 35.5 Å². The Balaban J connectivity index is 1.53. The van der Waals surface area contributed by atoms with Gasteiger partial charge in [0.2, 0.25) is 0 Å². The molecule has 1 aromatic heterocycles. The molecule has 0 aliphatic carbocycles. The van der Waals surface area contributed by atoms with Crippen LogP contribution in [0.2, 0.25) is 0 Å². The molecule has 31 heavy (non-hydrogen) atoms. The molecule has 0 radical (unpaired) electrons. The first-order valence-electron chi connectivity index (χ1n) is 9.31. The Labute approximate surface area is 177 Å². The lowest BCUT2D eigenvalue weighted by Crippen LogP contribution is -2.36. The number of nitrogens with zero attached hydrogens (tertiary/aromatic N) is 3. The van der Waals surface area contributed by atoms with Crippen LogP contribution in [0.1, 0.15) is 11.1 Å². The van der Waals surface area contributed by atoms with E-state index in [2.05, 4.69) is 10.1 Å². The third-order valence-electron chi connectivity index (χ3n) is 4.83. The predicted molar refractivity (Wildman–Crippen MR) is 103 cm³/mol. The highest BCUT2D eigenvalue weighted by atomic mass is 32.2. The minimum absolute atomic E-state index is 0.00504. The zero-order valence-corrected chi connectivity index (χ0v) is 17.3. The van der Waals surface area contributed by atoms with Crippen molar-refractivity contribution in [1.29, 1.82) is 0 Å². The fourth-order valence-corrected chi connectivity index (χ4v) is 4.19. The molecule has 1 aliphatic heterocycles. The molecule has 2 atom stereocenters. The SMILES string of the molecule is Cc1ccc(S(=O)(=O)OC[C@H]2OC[C@](Cn3cncn3)(c3ccc(F)cc3F)O2)cc1. The topological polar surface area (TPSA) is 92.5 Å². The summed E-state index contributed by atoms with van der Waals surface area (Å²) < 4.78 is 70.8. The van der Waals surface area contributed by atoms with Gasteiger partial charge >= 0.3 is 0 Å². The summed E-state index contributed by atoms with van der Waals surface area (Å²) in [6, 6.07) is 9.29. The summed E-state index contributed by atoms with van der Waals surface area (Å²) in [4.78, 5) is 3.85. The molecule has 2 heterocycles. The van der Waals surface area contributed by atoms with E-state index < -0.39 is 40.3 Å². The number of ether oxygens (including phenoxy) is 2. The third-order valence-corrected chi connectivity index (χ3v) is 6.13. The quantitative estimate of drug-likeness (QED) is 0.510. The van der Waals surface area contributed by atoms with E-state index in [1.807, 2.05) is 6.92 Å². The van der Waals surface area contributed by atoms with E-state index >= 15 is 0 Å². The number of rotatable bonds is 7. The smallest absolute Gasteiger partial charge is 0.297 e. The van der Waals surface area contributed by atoms with Crippen molar-refractivity contribution in [3.05, 3.63) is 77.9 Å². The molecule has 0 bridgehead atoms. The van der Waals surface area contributed by atoms with Crippen LogP contribution in [0.25, 0.3) is 0 Å². The van der Waals surface area contributed by atoms with Gasteiger partial charge in [-0.1, -0.05) is 23.8 Å². The number of halogens is 2. The van der Waals surface area contributed by atoms with Crippen LogP contribution in [0.5, 0.6) is 0 Å². The largest absolute Gasteiger partial charge is 0.347 e. The van der Waals surface area contributed by atoms with Crippen LogP contribution < -0.4 is 0 Å². The molecule has 1 aliphatic rings. The summed E-state index contributed by atoms with van der Waals surface area (Å²) in [6.07, 6.45) is 1.62. The van der Waals surface area contributed by atoms with Gasteiger partial charge in [0, 0.05) is 11.6 Å². The molecule has 0 N–H and O–H groups in total. The lowest BCUT2D eigenvalue weighted by atomic mass is 9.94. The Kier molecular flexibility index (Phi) is 5.84. The second-order valence-electron chi connectivity index (χ2n) is 7.12. The third kappa shape index (κ3) is 4.64. The van der Waals surface area contributed by atoms with E-state index in [0.29, 0.717) is 0 Å². The molecule has 2 aromatic carbocycles. The van der Waals surface area contributed by atoms with Gasteiger partial charge in [0.25, 0.3) is 10.1 Å². The molecule has 0 spiro atoms. The Morgan fingerprint density at radius 2 is 2.00 bits per heavy atom. The van der Waals surface area contributed by atoms with Crippen LogP contribution in [0.3, 0.4) is 0 Å². The maximum Gasteiger partial charge on any atom is 0.297 e. The number of hydrogen-bond donors (Lipinski definition) is 0. The Bertz CT molecular complexity index is 1160. The molecule has 11 heteroatoms. The normalized spacial score (nSPS) is 21.5. The van der Waals surface area contributed by atoms with E-state index in [-0.39, 0.29) is 23.6 Å². The van der Waals surface area contributed by atoms with Gasteiger partial charge in [-0.2, -0.15) is 13.5 Å². The van der Waals surface area contributed by atoms with Crippen LogP contribution in [-0.2, 0) is 35.9 Å². The van der Waals surface area contributed by atoms with Gasteiger partial charge in [-0.3, -0.25) is 4.18 Å². The van der Waals surface area contributed by atoms with Crippen molar-refractivity contribution in [3.63, 3.8) is 0 Å². The van der Waals surface area contributed by atoms with Crippen LogP contribution >= 0.6 is 0 Å². The molecule has 8 nitrogen and oxygen atoms in total. The van der Waals surface area contributed by atoms with Gasteiger partial charge in [0.15, 0.2) is 6.29 Å². The fraction of sp³-hybridized carbons (Fsp3) is 0.300. The molecule has 4 rings (SSSR count). The Morgan fingerprint density at radius 1 is 1.23 bits per heavy atom. The molecular formula is C20H19F2N3O5S. The lowest BCUT2D eigenvalue weighted by Gasteiger charge is -2.28. The van der Waals surface area contributed by atoms with Crippen LogP contribution in [0, 0.1) is 18.6 Å². The van der Waals surface area contributed by atoms with Gasteiger partial charge in [-0.25, -0.2) is 18.4 Å². The first kappa shape index (κ1) is 21.5. The average Bonchev–Trinajstić information content (AvgIpc) is 3.38. The van der Waals surface area contributed by atoms with Crippen molar-refractivity contribution in [2.24, 2.45) is 0 Å². The van der Waals surface area contributed by atoms with Crippen molar-refractivity contribution in [3.8, 4) is 0 Å². The van der Waals surface area contributed by atoms with Crippen molar-refractivity contribution in [2.45, 2.75) is 30.3 Å². The van der Waals surface area contributed by atoms with Gasteiger partial charge in [-0.15, -0.1) is 0 Å². The molecule has 1 fully saturated rings. The second kappa shape index (κ2) is 8.42. The van der Waals surface area contributed by atoms with Crippen LogP contribution in [-0.4, -0.2) is 42.7 Å². The highest BCUT2D eigenvalue weighted by Gasteiger charge is 2.46. The Morgan fingerprint density at radius 3 is 2.68 bits per heavy atom. The summed E-state index contributed by atoms with van der Waals surface area (Å²) in [6.45, 7) is 1.27. The summed E-state index contributed by atoms with van der Waals surface area (Å²) in [5.41, 5.74) is -0.429. The van der Waals surface area contributed by atoms with E-state index in [4.69, 9.17) is 13.7 Å². The summed E-state index contributed by atoms with van der Waals surface area (Å²) in [5, 5.41) is 4.00. The maximum atomic E-state index is 14.6. The number of aromatic nitrogens is 3. The molecule has 0 saturated carbocycles. The number of aryl methyl sites for hydroxylation is 1. The summed E-state index contributed by atoms with van der Waals surface area (Å²) >= 11 is 0. The van der Waals surface area contributed by atoms with E-state index in [1.54, 1.807) is 12.1 Å². The average molecular weight is 451 g/mol. The molecule has 3 aromatic rings. The zero-order valence-electron chi connectivity index (χ0n) is 16.4. The maximum absolute atomic E-state index is 14.6. The minimum atomic E-state index is -4.04. The van der Waals surface area contributed by atoms with Crippen molar-refractivity contribution in [2.75, 3.05) is 13.2 Å². The van der Waals surface area contributed by atoms with Crippen molar-refractivity contribution >= 4 is 10.1 Å². The minimum Gasteiger partial charge on any atom is -0.347 e. The van der Waals surface area contributed by atoms with E-state index in [9.17, 15) is 17.2 Å². The van der Waals surface area contributed by atoms with Crippen molar-refractivity contribution in [1.82, 2.24) is 14.8 Å². The van der Waals surface area contributed by atoms with Gasteiger partial charge in [0.1, 0.15) is 36.5 Å². The second-order valence-corrected chi connectivity index (χ2v) is 8.74. The van der Waals surface area contributed by atoms with Crippen LogP contribution in [0.15, 0.2) is 60.0 Å². The number of benzene rings is 2. The first-order valence-corrected chi connectivity index (χ1v) is 10.7. The highest BCUT2D eigenvalue weighted by Crippen LogP contribution is 2.37. The number of hydrogen-bond acceptors (Lipinski definition) is 7. The molecule has 0 amide bonds. The molecule has 0 unspecified atom stereocenters. The highest BCUT2D eigenvalue weighted by molar-refractivity contribution is 7.86. The fourth-order valence-electron chi connectivity index (χ4n) is 3.29. The van der Waals surface area contributed by atoms with Gasteiger partial charge in [0.05, 0.1) is 18.0 Å². The predicted octanol–water partition coefficient (Wildman–Crippen LogP) is 2.54. The zero-order chi connectivity index (χ0) is 22.1. The van der Waals surface area contributed by atoms with Gasteiger partial charge < -0.3 is 9.47 Å². The van der Waals surface area contributed by atoms with Gasteiger partial charge in [-0.05, 0) is 25.1 Å². The Hall–Kier alpha value is -2.73. The lowest BCUT2D eigenvalue weighted by molar-refractivity contribution is -0.116. The monoisotopic (exact) mass is 451 g/mol. The van der Waals surface area contributed by atoms with Crippen molar-refractivity contribution < 1.29 is 30.9 Å². The summed E-state index contributed by atoms with van der Waals surface area (Å²) in [7, 11) is -4.04. The summed E-state index contributed by atoms with van der Waals surface area (Å²) in [5.74, 6) is -1.56. The molecular weight excluding hydrogens is 432 g/mol. The van der Waals surface area contributed by atoms with E-state index in [0.717, 1.165) is 17.7 Å². The van der Waals surface area contributed by atoms with Crippen LogP contribution in [0.4, 0.5) is 8.78 Å². The standard InChI is InChI=1S/C20H19F2N3O5S/c1-14-2-5-16(6-3-14)31(26,27)29-9-19-28-11-20(30-19,10-25-13-23-12-24-25)17-7-4-15(21)8-18(17)22/h2-8,12-13,19H,9-11H2,1H3/t19-,20+/m0/s1.